The molecule has 0 radical (unpaired) electrons. The smallest absolute Gasteiger partial charge is 0.123 e. The van der Waals surface area contributed by atoms with E-state index in [1.54, 1.807) is 0 Å². The molecule has 3 rings (SSSR count). The Morgan fingerprint density at radius 2 is 2.24 bits per heavy atom. The van der Waals surface area contributed by atoms with Crippen LogP contribution in [-0.2, 0) is 11.8 Å². The van der Waals surface area contributed by atoms with Crippen LogP contribution in [0.15, 0.2) is 40.2 Å². The molecule has 1 aromatic carbocycles. The highest BCUT2D eigenvalue weighted by molar-refractivity contribution is 9.10. The van der Waals surface area contributed by atoms with Gasteiger partial charge < -0.3 is 10.1 Å². The summed E-state index contributed by atoms with van der Waals surface area (Å²) in [5.74, 6) is 1.03. The first-order valence-corrected chi connectivity index (χ1v) is 8.92. The molecule has 0 aliphatic carbocycles. The maximum atomic E-state index is 5.99. The first-order valence-electron chi connectivity index (χ1n) is 7.24. The summed E-state index contributed by atoms with van der Waals surface area (Å²) in [6.45, 7) is 6.43. The molecule has 1 aliphatic heterocycles. The number of hydrogen-bond acceptors (Lipinski definition) is 3. The van der Waals surface area contributed by atoms with Gasteiger partial charge in [0.25, 0.3) is 0 Å². The molecule has 2 heterocycles. The van der Waals surface area contributed by atoms with Gasteiger partial charge in [-0.25, -0.2) is 0 Å². The minimum atomic E-state index is 0.169. The topological polar surface area (TPSA) is 21.3 Å². The number of nitrogens with one attached hydrogen (secondary N) is 1. The van der Waals surface area contributed by atoms with Crippen LogP contribution in [0, 0.1) is 0 Å². The van der Waals surface area contributed by atoms with Crippen molar-refractivity contribution in [3.8, 4) is 5.75 Å². The van der Waals surface area contributed by atoms with Crippen LogP contribution in [0.1, 0.15) is 24.3 Å². The van der Waals surface area contributed by atoms with E-state index in [0.29, 0.717) is 0 Å². The molecule has 1 aliphatic rings. The van der Waals surface area contributed by atoms with Crippen molar-refractivity contribution in [3.63, 3.8) is 0 Å². The minimum absolute atomic E-state index is 0.169. The molecule has 2 nitrogen and oxygen atoms in total. The van der Waals surface area contributed by atoms with Gasteiger partial charge in [-0.1, -0.05) is 35.8 Å². The van der Waals surface area contributed by atoms with Gasteiger partial charge >= 0.3 is 0 Å². The van der Waals surface area contributed by atoms with Gasteiger partial charge in [-0.2, -0.15) is 0 Å². The van der Waals surface area contributed by atoms with Crippen LogP contribution in [0.4, 0.5) is 0 Å². The van der Waals surface area contributed by atoms with Crippen molar-refractivity contribution in [2.75, 3.05) is 13.1 Å². The van der Waals surface area contributed by atoms with Crippen LogP contribution in [0.3, 0.4) is 0 Å². The quantitative estimate of drug-likeness (QED) is 0.848. The molecule has 0 fully saturated rings. The Morgan fingerprint density at radius 1 is 1.38 bits per heavy atom. The second kappa shape index (κ2) is 6.11. The number of thiophene rings is 1. The standard InChI is InChI=1S/C17H20BrNOS/c1-17(2,16-4-3-7-21-16)11-19-10-14-9-12-8-13(18)5-6-15(12)20-14/h3-8,14,19H,9-11H2,1-2H3. The van der Waals surface area contributed by atoms with E-state index in [9.17, 15) is 0 Å². The van der Waals surface area contributed by atoms with Crippen LogP contribution in [0.25, 0.3) is 0 Å². The van der Waals surface area contributed by atoms with Crippen LogP contribution >= 0.6 is 27.3 Å². The predicted octanol–water partition coefficient (Wildman–Crippen LogP) is 4.38. The molecule has 21 heavy (non-hydrogen) atoms. The molecule has 4 heteroatoms. The number of halogens is 1. The Kier molecular flexibility index (Phi) is 4.38. The lowest BCUT2D eigenvalue weighted by Gasteiger charge is -2.24. The van der Waals surface area contributed by atoms with Gasteiger partial charge in [0.1, 0.15) is 11.9 Å². The van der Waals surface area contributed by atoms with E-state index in [4.69, 9.17) is 4.74 Å². The molecule has 2 aromatic rings. The van der Waals surface area contributed by atoms with E-state index in [1.807, 2.05) is 17.4 Å². The summed E-state index contributed by atoms with van der Waals surface area (Å²) in [6.07, 6.45) is 1.23. The lowest BCUT2D eigenvalue weighted by molar-refractivity contribution is 0.224. The normalized spacial score (nSPS) is 17.6. The minimum Gasteiger partial charge on any atom is -0.488 e. The molecular weight excluding hydrogens is 346 g/mol. The fourth-order valence-electron chi connectivity index (χ4n) is 2.70. The molecule has 1 aromatic heterocycles. The number of hydrogen-bond donors (Lipinski definition) is 1. The largest absolute Gasteiger partial charge is 0.488 e. The van der Waals surface area contributed by atoms with Crippen molar-refractivity contribution in [1.82, 2.24) is 5.32 Å². The fraction of sp³-hybridized carbons (Fsp3) is 0.412. The van der Waals surface area contributed by atoms with Crippen LogP contribution in [0.2, 0.25) is 0 Å². The molecule has 1 unspecified atom stereocenters. The number of benzene rings is 1. The molecule has 1 N–H and O–H groups in total. The zero-order valence-electron chi connectivity index (χ0n) is 12.4. The molecule has 0 saturated heterocycles. The lowest BCUT2D eigenvalue weighted by atomic mass is 9.91. The highest BCUT2D eigenvalue weighted by atomic mass is 79.9. The third kappa shape index (κ3) is 3.50. The van der Waals surface area contributed by atoms with E-state index < -0.39 is 0 Å². The zero-order chi connectivity index (χ0) is 14.9. The summed E-state index contributed by atoms with van der Waals surface area (Å²) in [6, 6.07) is 10.6. The lowest BCUT2D eigenvalue weighted by Crippen LogP contribution is -2.38. The van der Waals surface area contributed by atoms with Gasteiger partial charge in [0.05, 0.1) is 0 Å². The first kappa shape index (κ1) is 15.1. The molecule has 0 amide bonds. The fourth-order valence-corrected chi connectivity index (χ4v) is 3.96. The summed E-state index contributed by atoms with van der Waals surface area (Å²) in [4.78, 5) is 1.43. The van der Waals surface area contributed by atoms with E-state index in [0.717, 1.165) is 29.7 Å². The SMILES string of the molecule is CC(C)(CNCC1Cc2cc(Br)ccc2O1)c1cccs1. The van der Waals surface area contributed by atoms with Crippen LogP contribution in [-0.4, -0.2) is 19.2 Å². The van der Waals surface area contributed by atoms with Crippen molar-refractivity contribution in [2.45, 2.75) is 31.8 Å². The Hall–Kier alpha value is -0.840. The van der Waals surface area contributed by atoms with Crippen molar-refractivity contribution >= 4 is 27.3 Å². The molecule has 1 atom stereocenters. The zero-order valence-corrected chi connectivity index (χ0v) is 14.8. The summed E-state index contributed by atoms with van der Waals surface area (Å²) < 4.78 is 7.11. The van der Waals surface area contributed by atoms with Gasteiger partial charge in [0.15, 0.2) is 0 Å². The average molecular weight is 366 g/mol. The van der Waals surface area contributed by atoms with Crippen molar-refractivity contribution in [2.24, 2.45) is 0 Å². The second-order valence-corrected chi connectivity index (χ2v) is 8.05. The number of rotatable bonds is 5. The van der Waals surface area contributed by atoms with Crippen LogP contribution < -0.4 is 10.1 Å². The van der Waals surface area contributed by atoms with Gasteiger partial charge in [-0.3, -0.25) is 0 Å². The first-order chi connectivity index (χ1) is 10.0. The number of ether oxygens (including phenoxy) is 1. The summed E-state index contributed by atoms with van der Waals surface area (Å²) >= 11 is 5.34. The highest BCUT2D eigenvalue weighted by Gasteiger charge is 2.25. The maximum Gasteiger partial charge on any atom is 0.123 e. The van der Waals surface area contributed by atoms with Gasteiger partial charge in [0.2, 0.25) is 0 Å². The van der Waals surface area contributed by atoms with Gasteiger partial charge in [-0.15, -0.1) is 11.3 Å². The number of fused-ring (bicyclic) bond motifs is 1. The molecular formula is C17H20BrNOS. The molecule has 0 saturated carbocycles. The maximum absolute atomic E-state index is 5.99. The summed E-state index contributed by atoms with van der Waals surface area (Å²) in [5.41, 5.74) is 1.47. The monoisotopic (exact) mass is 365 g/mol. The van der Waals surface area contributed by atoms with Gasteiger partial charge in [0, 0.05) is 34.3 Å². The van der Waals surface area contributed by atoms with Crippen molar-refractivity contribution in [3.05, 3.63) is 50.6 Å². The third-order valence-corrected chi connectivity index (χ3v) is 5.62. The van der Waals surface area contributed by atoms with E-state index in [-0.39, 0.29) is 11.5 Å². The Bertz CT molecular complexity index is 609. The van der Waals surface area contributed by atoms with E-state index in [1.165, 1.54) is 10.4 Å². The van der Waals surface area contributed by atoms with E-state index >= 15 is 0 Å². The molecule has 0 bridgehead atoms. The molecule has 0 spiro atoms. The second-order valence-electron chi connectivity index (χ2n) is 6.19. The third-order valence-electron chi connectivity index (χ3n) is 3.89. The van der Waals surface area contributed by atoms with Crippen molar-refractivity contribution < 1.29 is 4.74 Å². The average Bonchev–Trinajstić information content (AvgIpc) is 3.06. The van der Waals surface area contributed by atoms with E-state index in [2.05, 4.69) is 64.7 Å². The molecule has 112 valence electrons. The van der Waals surface area contributed by atoms with Crippen molar-refractivity contribution in [1.29, 1.82) is 0 Å². The summed E-state index contributed by atoms with van der Waals surface area (Å²) in [7, 11) is 0. The van der Waals surface area contributed by atoms with Gasteiger partial charge in [-0.05, 0) is 35.2 Å². The Balaban J connectivity index is 1.51. The van der Waals surface area contributed by atoms with Crippen LogP contribution in [0.5, 0.6) is 5.75 Å². The highest BCUT2D eigenvalue weighted by Crippen LogP contribution is 2.31. The Labute approximate surface area is 138 Å². The predicted molar refractivity (Wildman–Crippen MR) is 92.5 cm³/mol. The Morgan fingerprint density at radius 3 is 3.00 bits per heavy atom. The summed E-state index contributed by atoms with van der Waals surface area (Å²) in [5, 5.41) is 5.72.